The number of halogens is 1. The number of hydrogen-bond acceptors (Lipinski definition) is 5. The van der Waals surface area contributed by atoms with Crippen molar-refractivity contribution in [2.75, 3.05) is 19.6 Å². The van der Waals surface area contributed by atoms with Gasteiger partial charge in [0.15, 0.2) is 0 Å². The van der Waals surface area contributed by atoms with Gasteiger partial charge in [-0.3, -0.25) is 4.90 Å². The van der Waals surface area contributed by atoms with Gasteiger partial charge in [-0.25, -0.2) is 0 Å². The summed E-state index contributed by atoms with van der Waals surface area (Å²) in [6.07, 6.45) is 1.16. The smallest absolute Gasteiger partial charge is 0.138 e. The van der Waals surface area contributed by atoms with Gasteiger partial charge in [-0.1, -0.05) is 23.0 Å². The van der Waals surface area contributed by atoms with Crippen molar-refractivity contribution in [3.63, 3.8) is 0 Å². The topological polar surface area (TPSA) is 41.1 Å². The van der Waals surface area contributed by atoms with Crippen LogP contribution in [-0.2, 0) is 6.54 Å². The largest absolute Gasteiger partial charge is 0.314 e. The zero-order chi connectivity index (χ0) is 10.7. The molecule has 0 bridgehead atoms. The Kier molecular flexibility index (Phi) is 3.91. The molecule has 1 fully saturated rings. The van der Waals surface area contributed by atoms with Crippen molar-refractivity contribution in [2.24, 2.45) is 0 Å². The van der Waals surface area contributed by atoms with E-state index in [4.69, 9.17) is 11.6 Å². The first-order chi connectivity index (χ1) is 7.31. The fraction of sp³-hybridized carbons (Fsp3) is 0.778. The molecule has 1 aromatic rings. The summed E-state index contributed by atoms with van der Waals surface area (Å²) >= 11 is 7.26. The van der Waals surface area contributed by atoms with E-state index >= 15 is 0 Å². The third-order valence-corrected chi connectivity index (χ3v) is 3.63. The molecular formula is C9H15ClN4S. The van der Waals surface area contributed by atoms with Gasteiger partial charge in [-0.2, -0.15) is 0 Å². The van der Waals surface area contributed by atoms with Gasteiger partial charge in [0.05, 0.1) is 0 Å². The number of nitrogens with zero attached hydrogens (tertiary/aromatic N) is 3. The molecule has 0 atom stereocenters. The van der Waals surface area contributed by atoms with Crippen molar-refractivity contribution in [3.8, 4) is 0 Å². The fourth-order valence-electron chi connectivity index (χ4n) is 1.69. The summed E-state index contributed by atoms with van der Waals surface area (Å²) in [4.78, 5) is 2.43. The van der Waals surface area contributed by atoms with Gasteiger partial charge < -0.3 is 5.32 Å². The van der Waals surface area contributed by atoms with Crippen LogP contribution in [0.1, 0.15) is 19.0 Å². The molecule has 1 saturated heterocycles. The minimum absolute atomic E-state index is 0.641. The molecule has 0 unspecified atom stereocenters. The number of aromatic nitrogens is 2. The van der Waals surface area contributed by atoms with Crippen LogP contribution >= 0.6 is 23.1 Å². The summed E-state index contributed by atoms with van der Waals surface area (Å²) in [5, 5.41) is 7.34. The SMILES string of the molecule is CCCN(Cc1nnsc1Cl)C1CNC1. The van der Waals surface area contributed by atoms with E-state index in [-0.39, 0.29) is 0 Å². The Morgan fingerprint density at radius 2 is 2.40 bits per heavy atom. The lowest BCUT2D eigenvalue weighted by atomic mass is 10.1. The van der Waals surface area contributed by atoms with Crippen molar-refractivity contribution >= 4 is 23.1 Å². The monoisotopic (exact) mass is 246 g/mol. The highest BCUT2D eigenvalue weighted by Gasteiger charge is 2.25. The van der Waals surface area contributed by atoms with Gasteiger partial charge >= 0.3 is 0 Å². The highest BCUT2D eigenvalue weighted by Crippen LogP contribution is 2.20. The van der Waals surface area contributed by atoms with Gasteiger partial charge in [0.1, 0.15) is 10.0 Å². The maximum absolute atomic E-state index is 6.00. The van der Waals surface area contributed by atoms with Gasteiger partial charge in [0.2, 0.25) is 0 Å². The van der Waals surface area contributed by atoms with E-state index < -0.39 is 0 Å². The second-order valence-electron chi connectivity index (χ2n) is 3.78. The molecule has 1 aromatic heterocycles. The second kappa shape index (κ2) is 5.21. The third-order valence-electron chi connectivity index (χ3n) is 2.65. The average molecular weight is 247 g/mol. The predicted octanol–water partition coefficient (Wildman–Crippen LogP) is 1.38. The highest BCUT2D eigenvalue weighted by atomic mass is 35.5. The van der Waals surface area contributed by atoms with Crippen molar-refractivity contribution < 1.29 is 0 Å². The molecule has 0 radical (unpaired) electrons. The minimum atomic E-state index is 0.641. The molecule has 1 aliphatic heterocycles. The van der Waals surface area contributed by atoms with Crippen LogP contribution in [0.25, 0.3) is 0 Å². The Morgan fingerprint density at radius 1 is 1.60 bits per heavy atom. The van der Waals surface area contributed by atoms with E-state index in [1.54, 1.807) is 0 Å². The zero-order valence-corrected chi connectivity index (χ0v) is 10.3. The van der Waals surface area contributed by atoms with Crippen molar-refractivity contribution in [1.82, 2.24) is 19.8 Å². The Hall–Kier alpha value is -0.230. The molecular weight excluding hydrogens is 232 g/mol. The van der Waals surface area contributed by atoms with E-state index in [1.807, 2.05) is 0 Å². The lowest BCUT2D eigenvalue weighted by Gasteiger charge is -2.37. The lowest BCUT2D eigenvalue weighted by Crippen LogP contribution is -2.57. The van der Waals surface area contributed by atoms with Crippen LogP contribution in [0, 0.1) is 0 Å². The van der Waals surface area contributed by atoms with E-state index in [1.165, 1.54) is 11.5 Å². The van der Waals surface area contributed by atoms with Crippen LogP contribution in [0.3, 0.4) is 0 Å². The van der Waals surface area contributed by atoms with Gasteiger partial charge in [-0.05, 0) is 13.0 Å². The molecule has 2 heterocycles. The zero-order valence-electron chi connectivity index (χ0n) is 8.74. The van der Waals surface area contributed by atoms with Crippen LogP contribution in [0.5, 0.6) is 0 Å². The van der Waals surface area contributed by atoms with Gasteiger partial charge in [0.25, 0.3) is 0 Å². The van der Waals surface area contributed by atoms with Crippen molar-refractivity contribution in [2.45, 2.75) is 25.9 Å². The Balaban J connectivity index is 1.96. The molecule has 0 amide bonds. The molecule has 0 spiro atoms. The van der Waals surface area contributed by atoms with E-state index in [0.717, 1.165) is 42.6 Å². The first-order valence-corrected chi connectivity index (χ1v) is 6.38. The summed E-state index contributed by atoms with van der Waals surface area (Å²) in [5.41, 5.74) is 0.919. The Morgan fingerprint density at radius 3 is 2.87 bits per heavy atom. The maximum atomic E-state index is 6.00. The van der Waals surface area contributed by atoms with Crippen LogP contribution < -0.4 is 5.32 Å². The predicted molar refractivity (Wildman–Crippen MR) is 62.3 cm³/mol. The molecule has 1 N–H and O–H groups in total. The minimum Gasteiger partial charge on any atom is -0.314 e. The summed E-state index contributed by atoms with van der Waals surface area (Å²) in [6, 6.07) is 0.641. The molecule has 0 aliphatic carbocycles. The first kappa shape index (κ1) is 11.3. The molecule has 1 aliphatic rings. The number of nitrogens with one attached hydrogen (secondary N) is 1. The molecule has 84 valence electrons. The molecule has 4 nitrogen and oxygen atoms in total. The van der Waals surface area contributed by atoms with Crippen molar-refractivity contribution in [1.29, 1.82) is 0 Å². The van der Waals surface area contributed by atoms with E-state index in [2.05, 4.69) is 26.7 Å². The summed E-state index contributed by atoms with van der Waals surface area (Å²) < 4.78 is 4.58. The second-order valence-corrected chi connectivity index (χ2v) is 5.13. The molecule has 0 saturated carbocycles. The van der Waals surface area contributed by atoms with Crippen LogP contribution in [0.4, 0.5) is 0 Å². The summed E-state index contributed by atoms with van der Waals surface area (Å²) in [6.45, 7) is 6.28. The Labute approximate surface area is 98.8 Å². The lowest BCUT2D eigenvalue weighted by molar-refractivity contribution is 0.136. The standard InChI is InChI=1S/C9H15ClN4S/c1-2-3-14(7-4-11-5-7)6-8-9(10)15-13-12-8/h7,11H,2-6H2,1H3. The van der Waals surface area contributed by atoms with E-state index in [0.29, 0.717) is 6.04 Å². The quantitative estimate of drug-likeness (QED) is 0.852. The van der Waals surface area contributed by atoms with Crippen LogP contribution in [0.15, 0.2) is 0 Å². The van der Waals surface area contributed by atoms with Crippen LogP contribution in [0.2, 0.25) is 4.34 Å². The number of hydrogen-bond donors (Lipinski definition) is 1. The molecule has 2 rings (SSSR count). The fourth-order valence-corrected chi connectivity index (χ4v) is 2.31. The van der Waals surface area contributed by atoms with Crippen LogP contribution in [-0.4, -0.2) is 40.2 Å². The molecule has 6 heteroatoms. The number of rotatable bonds is 5. The van der Waals surface area contributed by atoms with E-state index in [9.17, 15) is 0 Å². The van der Waals surface area contributed by atoms with Crippen molar-refractivity contribution in [3.05, 3.63) is 10.0 Å². The van der Waals surface area contributed by atoms with Gasteiger partial charge in [-0.15, -0.1) is 5.10 Å². The molecule has 15 heavy (non-hydrogen) atoms. The molecule has 0 aromatic carbocycles. The van der Waals surface area contributed by atoms with Gasteiger partial charge in [0, 0.05) is 37.2 Å². The first-order valence-electron chi connectivity index (χ1n) is 5.22. The summed E-state index contributed by atoms with van der Waals surface area (Å²) in [7, 11) is 0. The Bertz CT molecular complexity index is 313. The average Bonchev–Trinajstić information content (AvgIpc) is 2.49. The highest BCUT2D eigenvalue weighted by molar-refractivity contribution is 7.10. The normalized spacial score (nSPS) is 17.0. The maximum Gasteiger partial charge on any atom is 0.138 e. The summed E-state index contributed by atoms with van der Waals surface area (Å²) in [5.74, 6) is 0. The third kappa shape index (κ3) is 2.66.